The molecular formula is C19H16N2O3. The molecule has 0 saturated carbocycles. The molecule has 3 rings (SSSR count). The van der Waals surface area contributed by atoms with Crippen molar-refractivity contribution in [1.29, 1.82) is 0 Å². The molecule has 0 radical (unpaired) electrons. The summed E-state index contributed by atoms with van der Waals surface area (Å²) < 4.78 is 4.96. The van der Waals surface area contributed by atoms with Crippen LogP contribution in [-0.4, -0.2) is 28.2 Å². The third-order valence-corrected chi connectivity index (χ3v) is 3.54. The Morgan fingerprint density at radius 3 is 2.67 bits per heavy atom. The number of hydrogen-bond acceptors (Lipinski definition) is 4. The van der Waals surface area contributed by atoms with Crippen LogP contribution in [0.3, 0.4) is 0 Å². The molecule has 0 unspecified atom stereocenters. The Labute approximate surface area is 139 Å². The second-order valence-electron chi connectivity index (χ2n) is 5.16. The van der Waals surface area contributed by atoms with E-state index in [1.165, 1.54) is 19.3 Å². The highest BCUT2D eigenvalue weighted by atomic mass is 16.5. The van der Waals surface area contributed by atoms with Gasteiger partial charge in [0.25, 0.3) is 0 Å². The number of allylic oxidation sites excluding steroid dienone is 1. The van der Waals surface area contributed by atoms with E-state index < -0.39 is 0 Å². The van der Waals surface area contributed by atoms with Gasteiger partial charge in [-0.2, -0.15) is 5.10 Å². The summed E-state index contributed by atoms with van der Waals surface area (Å²) in [5.41, 5.74) is 2.91. The zero-order chi connectivity index (χ0) is 16.9. The predicted octanol–water partition coefficient (Wildman–Crippen LogP) is 3.69. The highest BCUT2D eigenvalue weighted by Gasteiger charge is 2.07. The SMILES string of the molecule is COc1ccc(C(=O)C=Cc2cc(-c3ccccc3)n[nH]2)cc1O. The lowest BCUT2D eigenvalue weighted by molar-refractivity contribution is 0.104. The van der Waals surface area contributed by atoms with Gasteiger partial charge in [0.2, 0.25) is 0 Å². The van der Waals surface area contributed by atoms with Crippen LogP contribution in [0, 0.1) is 0 Å². The van der Waals surface area contributed by atoms with Crippen molar-refractivity contribution < 1.29 is 14.6 Å². The molecule has 1 aromatic heterocycles. The number of nitrogens with zero attached hydrogens (tertiary/aromatic N) is 1. The molecule has 2 N–H and O–H groups in total. The average Bonchev–Trinajstić information content (AvgIpc) is 3.09. The van der Waals surface area contributed by atoms with Crippen LogP contribution in [0.25, 0.3) is 17.3 Å². The average molecular weight is 320 g/mol. The largest absolute Gasteiger partial charge is 0.504 e. The Morgan fingerprint density at radius 2 is 1.96 bits per heavy atom. The number of methoxy groups -OCH3 is 1. The predicted molar refractivity (Wildman–Crippen MR) is 92.0 cm³/mol. The van der Waals surface area contributed by atoms with E-state index in [1.807, 2.05) is 36.4 Å². The van der Waals surface area contributed by atoms with Crippen LogP contribution >= 0.6 is 0 Å². The minimum Gasteiger partial charge on any atom is -0.504 e. The van der Waals surface area contributed by atoms with E-state index in [4.69, 9.17) is 4.74 Å². The smallest absolute Gasteiger partial charge is 0.186 e. The monoisotopic (exact) mass is 320 g/mol. The van der Waals surface area contributed by atoms with Crippen LogP contribution in [-0.2, 0) is 0 Å². The summed E-state index contributed by atoms with van der Waals surface area (Å²) in [5, 5.41) is 16.8. The summed E-state index contributed by atoms with van der Waals surface area (Å²) >= 11 is 0. The number of carbonyl (C=O) groups is 1. The van der Waals surface area contributed by atoms with Crippen molar-refractivity contribution in [2.24, 2.45) is 0 Å². The number of H-pyrrole nitrogens is 1. The van der Waals surface area contributed by atoms with Crippen molar-refractivity contribution in [2.45, 2.75) is 0 Å². The van der Waals surface area contributed by atoms with Crippen LogP contribution in [0.4, 0.5) is 0 Å². The second-order valence-corrected chi connectivity index (χ2v) is 5.16. The Morgan fingerprint density at radius 1 is 1.17 bits per heavy atom. The molecule has 0 spiro atoms. The molecule has 24 heavy (non-hydrogen) atoms. The summed E-state index contributed by atoms with van der Waals surface area (Å²) in [7, 11) is 1.46. The van der Waals surface area contributed by atoms with Crippen molar-refractivity contribution in [3.63, 3.8) is 0 Å². The molecule has 0 fully saturated rings. The van der Waals surface area contributed by atoms with Crippen molar-refractivity contribution in [3.05, 3.63) is 71.9 Å². The highest BCUT2D eigenvalue weighted by molar-refractivity contribution is 6.07. The fraction of sp³-hybridized carbons (Fsp3) is 0.0526. The van der Waals surface area contributed by atoms with E-state index in [2.05, 4.69) is 10.2 Å². The van der Waals surface area contributed by atoms with Gasteiger partial charge in [-0.25, -0.2) is 0 Å². The van der Waals surface area contributed by atoms with Crippen molar-refractivity contribution in [1.82, 2.24) is 10.2 Å². The van der Waals surface area contributed by atoms with Gasteiger partial charge in [-0.05, 0) is 36.4 Å². The lowest BCUT2D eigenvalue weighted by atomic mass is 10.1. The number of carbonyl (C=O) groups excluding carboxylic acids is 1. The Bertz CT molecular complexity index is 883. The fourth-order valence-corrected chi connectivity index (χ4v) is 2.28. The molecule has 0 bridgehead atoms. The molecule has 5 heteroatoms. The molecule has 0 aliphatic heterocycles. The van der Waals surface area contributed by atoms with Gasteiger partial charge in [0.15, 0.2) is 17.3 Å². The van der Waals surface area contributed by atoms with Gasteiger partial charge in [-0.3, -0.25) is 9.89 Å². The minimum absolute atomic E-state index is 0.0651. The van der Waals surface area contributed by atoms with Gasteiger partial charge in [-0.15, -0.1) is 0 Å². The summed E-state index contributed by atoms with van der Waals surface area (Å²) in [6.45, 7) is 0. The second kappa shape index (κ2) is 6.83. The van der Waals surface area contributed by atoms with E-state index in [9.17, 15) is 9.90 Å². The zero-order valence-electron chi connectivity index (χ0n) is 13.1. The summed E-state index contributed by atoms with van der Waals surface area (Å²) in [6.07, 6.45) is 3.09. The number of phenolic OH excluding ortho intramolecular Hbond substituents is 1. The van der Waals surface area contributed by atoms with Crippen molar-refractivity contribution in [2.75, 3.05) is 7.11 Å². The molecule has 0 saturated heterocycles. The maximum Gasteiger partial charge on any atom is 0.186 e. The molecule has 2 aromatic carbocycles. The summed E-state index contributed by atoms with van der Waals surface area (Å²) in [4.78, 5) is 12.2. The van der Waals surface area contributed by atoms with E-state index in [-0.39, 0.29) is 11.5 Å². The van der Waals surface area contributed by atoms with Gasteiger partial charge >= 0.3 is 0 Å². The molecule has 5 nitrogen and oxygen atoms in total. The topological polar surface area (TPSA) is 75.2 Å². The van der Waals surface area contributed by atoms with Crippen LogP contribution < -0.4 is 4.74 Å². The van der Waals surface area contributed by atoms with Crippen molar-refractivity contribution in [3.8, 4) is 22.8 Å². The first-order chi connectivity index (χ1) is 11.7. The van der Waals surface area contributed by atoms with E-state index in [1.54, 1.807) is 18.2 Å². The molecule has 0 aliphatic rings. The molecule has 0 atom stereocenters. The molecular weight excluding hydrogens is 304 g/mol. The van der Waals surface area contributed by atoms with Gasteiger partial charge in [0, 0.05) is 11.1 Å². The van der Waals surface area contributed by atoms with Crippen LogP contribution in [0.15, 0.2) is 60.7 Å². The first kappa shape index (κ1) is 15.6. The number of ether oxygens (including phenoxy) is 1. The normalized spacial score (nSPS) is 10.9. The van der Waals surface area contributed by atoms with Crippen molar-refractivity contribution >= 4 is 11.9 Å². The molecule has 1 heterocycles. The maximum absolute atomic E-state index is 12.2. The van der Waals surface area contributed by atoms with Crippen LogP contribution in [0.1, 0.15) is 16.1 Å². The Kier molecular flexibility index (Phi) is 4.43. The number of benzene rings is 2. The number of ketones is 1. The third-order valence-electron chi connectivity index (χ3n) is 3.54. The maximum atomic E-state index is 12.2. The van der Waals surface area contributed by atoms with Gasteiger partial charge in [-0.1, -0.05) is 30.3 Å². The van der Waals surface area contributed by atoms with Gasteiger partial charge < -0.3 is 9.84 Å². The minimum atomic E-state index is -0.219. The van der Waals surface area contributed by atoms with Gasteiger partial charge in [0.1, 0.15) is 0 Å². The van der Waals surface area contributed by atoms with Gasteiger partial charge in [0.05, 0.1) is 18.5 Å². The first-order valence-corrected chi connectivity index (χ1v) is 7.37. The van der Waals surface area contributed by atoms with E-state index in [0.717, 1.165) is 17.0 Å². The lowest BCUT2D eigenvalue weighted by Gasteiger charge is -2.03. The number of aromatic amines is 1. The molecule has 120 valence electrons. The standard InChI is InChI=1S/C19H16N2O3/c1-24-19-10-7-14(11-18(19)23)17(22)9-8-15-12-16(21-20-15)13-5-3-2-4-6-13/h2-12,23H,1H3,(H,20,21). The fourth-order valence-electron chi connectivity index (χ4n) is 2.28. The molecule has 0 aliphatic carbocycles. The number of aromatic nitrogens is 2. The number of phenols is 1. The Balaban J connectivity index is 1.75. The Hall–Kier alpha value is -3.34. The summed E-state index contributed by atoms with van der Waals surface area (Å²) in [5.74, 6) is 0.0464. The lowest BCUT2D eigenvalue weighted by Crippen LogP contribution is -1.94. The zero-order valence-corrected chi connectivity index (χ0v) is 13.1. The molecule has 0 amide bonds. The van der Waals surface area contributed by atoms with E-state index in [0.29, 0.717) is 11.3 Å². The number of rotatable bonds is 5. The highest BCUT2D eigenvalue weighted by Crippen LogP contribution is 2.26. The third kappa shape index (κ3) is 3.35. The quantitative estimate of drug-likeness (QED) is 0.555. The first-order valence-electron chi connectivity index (χ1n) is 7.37. The number of hydrogen-bond donors (Lipinski definition) is 2. The van der Waals surface area contributed by atoms with Crippen LogP contribution in [0.5, 0.6) is 11.5 Å². The number of nitrogens with one attached hydrogen (secondary N) is 1. The number of aromatic hydroxyl groups is 1. The molecule has 3 aromatic rings. The summed E-state index contributed by atoms with van der Waals surface area (Å²) in [6, 6.07) is 16.2. The van der Waals surface area contributed by atoms with E-state index >= 15 is 0 Å². The van der Waals surface area contributed by atoms with Crippen LogP contribution in [0.2, 0.25) is 0 Å².